The summed E-state index contributed by atoms with van der Waals surface area (Å²) in [5, 5.41) is 9.00. The fourth-order valence-electron chi connectivity index (χ4n) is 2.70. The van der Waals surface area contributed by atoms with Crippen LogP contribution in [0.5, 0.6) is 0 Å². The Morgan fingerprint density at radius 3 is 2.46 bits per heavy atom. The van der Waals surface area contributed by atoms with Gasteiger partial charge in [0.15, 0.2) is 22.6 Å². The summed E-state index contributed by atoms with van der Waals surface area (Å²) in [6.45, 7) is -0.0861. The van der Waals surface area contributed by atoms with Crippen molar-refractivity contribution in [3.05, 3.63) is 57.5 Å². The van der Waals surface area contributed by atoms with Crippen molar-refractivity contribution >= 4 is 28.3 Å². The molecule has 0 saturated carbocycles. The van der Waals surface area contributed by atoms with Gasteiger partial charge in [-0.1, -0.05) is 0 Å². The first-order valence-electron chi connectivity index (χ1n) is 7.86. The van der Waals surface area contributed by atoms with E-state index >= 15 is 0 Å². The summed E-state index contributed by atoms with van der Waals surface area (Å²) < 4.78 is 48.5. The third kappa shape index (κ3) is 2.98. The molecular weight excluding hydrogens is 379 g/mol. The van der Waals surface area contributed by atoms with E-state index in [9.17, 15) is 27.9 Å². The van der Waals surface area contributed by atoms with Crippen molar-refractivity contribution in [3.63, 3.8) is 0 Å². The van der Waals surface area contributed by atoms with Crippen LogP contribution in [-0.4, -0.2) is 11.0 Å². The number of benzene rings is 2. The summed E-state index contributed by atoms with van der Waals surface area (Å²) in [7, 11) is 0. The third-order valence-electron chi connectivity index (χ3n) is 4.14. The Hall–Kier alpha value is -3.37. The van der Waals surface area contributed by atoms with Crippen molar-refractivity contribution in [1.82, 2.24) is 0 Å². The maximum atomic E-state index is 14.7. The van der Waals surface area contributed by atoms with E-state index in [0.717, 1.165) is 19.1 Å². The highest BCUT2D eigenvalue weighted by molar-refractivity contribution is 6.01. The van der Waals surface area contributed by atoms with Gasteiger partial charge < -0.3 is 15.3 Å². The van der Waals surface area contributed by atoms with Crippen LogP contribution in [0.2, 0.25) is 0 Å². The highest BCUT2D eigenvalue weighted by Gasteiger charge is 2.28. The predicted octanol–water partition coefficient (Wildman–Crippen LogP) is 2.18. The van der Waals surface area contributed by atoms with E-state index < -0.39 is 57.6 Å². The first-order chi connectivity index (χ1) is 13.2. The normalized spacial score (nSPS) is 11.1. The standard InChI is InChI=1S/C18H14F3N3O4/c1-7(26)24(23)17-14-12(27)5-13(8-2-3-11(22)10(19)4-8)28-18(14)16(21)9(6-25)15(17)20/h2-5,25H,6,22-23H2,1H3. The first-order valence-corrected chi connectivity index (χ1v) is 7.86. The van der Waals surface area contributed by atoms with Crippen LogP contribution in [0.25, 0.3) is 22.3 Å². The Balaban J connectivity index is 2.43. The lowest BCUT2D eigenvalue weighted by atomic mass is 10.1. The Labute approximate surface area is 155 Å². The molecule has 1 aromatic heterocycles. The third-order valence-corrected chi connectivity index (χ3v) is 4.14. The number of hydrogen-bond acceptors (Lipinski definition) is 6. The Kier molecular flexibility index (Phi) is 4.84. The van der Waals surface area contributed by atoms with Gasteiger partial charge in [0.25, 0.3) is 0 Å². The second-order valence-electron chi connectivity index (χ2n) is 5.92. The Morgan fingerprint density at radius 1 is 1.21 bits per heavy atom. The zero-order chi connectivity index (χ0) is 20.7. The lowest BCUT2D eigenvalue weighted by Gasteiger charge is -2.19. The second-order valence-corrected chi connectivity index (χ2v) is 5.92. The summed E-state index contributed by atoms with van der Waals surface area (Å²) >= 11 is 0. The quantitative estimate of drug-likeness (QED) is 0.271. The topological polar surface area (TPSA) is 123 Å². The lowest BCUT2D eigenvalue weighted by molar-refractivity contribution is -0.116. The summed E-state index contributed by atoms with van der Waals surface area (Å²) in [6, 6.07) is 4.41. The molecule has 0 fully saturated rings. The van der Waals surface area contributed by atoms with Crippen molar-refractivity contribution in [2.45, 2.75) is 13.5 Å². The number of fused-ring (bicyclic) bond motifs is 1. The molecule has 146 valence electrons. The fraction of sp³-hybridized carbons (Fsp3) is 0.111. The Morgan fingerprint density at radius 2 is 1.89 bits per heavy atom. The van der Waals surface area contributed by atoms with Gasteiger partial charge in [0, 0.05) is 18.6 Å². The number of amides is 1. The maximum Gasteiger partial charge on any atom is 0.238 e. The minimum absolute atomic E-state index is 0.0673. The van der Waals surface area contributed by atoms with E-state index in [1.165, 1.54) is 12.1 Å². The molecule has 1 amide bonds. The molecule has 7 nitrogen and oxygen atoms in total. The van der Waals surface area contributed by atoms with Crippen molar-refractivity contribution in [2.75, 3.05) is 10.7 Å². The molecule has 0 aliphatic carbocycles. The molecular formula is C18H14F3N3O4. The van der Waals surface area contributed by atoms with Crippen LogP contribution < -0.4 is 22.0 Å². The van der Waals surface area contributed by atoms with Gasteiger partial charge >= 0.3 is 0 Å². The van der Waals surface area contributed by atoms with Crippen molar-refractivity contribution in [3.8, 4) is 11.3 Å². The van der Waals surface area contributed by atoms with Gasteiger partial charge in [-0.2, -0.15) is 0 Å². The van der Waals surface area contributed by atoms with Crippen LogP contribution >= 0.6 is 0 Å². The summed E-state index contributed by atoms with van der Waals surface area (Å²) in [4.78, 5) is 24.2. The van der Waals surface area contributed by atoms with E-state index in [2.05, 4.69) is 0 Å². The average molecular weight is 393 g/mol. The molecule has 0 radical (unpaired) electrons. The fourth-order valence-corrected chi connectivity index (χ4v) is 2.70. The smallest absolute Gasteiger partial charge is 0.238 e. The summed E-state index contributed by atoms with van der Waals surface area (Å²) in [6.07, 6.45) is 0. The highest BCUT2D eigenvalue weighted by Crippen LogP contribution is 2.35. The largest absolute Gasteiger partial charge is 0.453 e. The Bertz CT molecular complexity index is 1180. The molecule has 0 aliphatic rings. The number of anilines is 2. The SMILES string of the molecule is CC(=O)N(N)c1c(F)c(CO)c(F)c2oc(-c3ccc(N)c(F)c3)cc(=O)c12. The molecule has 1 heterocycles. The van der Waals surface area contributed by atoms with Crippen molar-refractivity contribution in [2.24, 2.45) is 5.84 Å². The number of nitrogens with two attached hydrogens (primary N) is 2. The zero-order valence-electron chi connectivity index (χ0n) is 14.4. The number of carbonyl (C=O) groups excluding carboxylic acids is 1. The molecule has 0 spiro atoms. The summed E-state index contributed by atoms with van der Waals surface area (Å²) in [5.41, 5.74) is 2.07. The minimum atomic E-state index is -1.37. The van der Waals surface area contributed by atoms with E-state index in [1.54, 1.807) is 0 Å². The number of hydrogen-bond donors (Lipinski definition) is 3. The van der Waals surface area contributed by atoms with Gasteiger partial charge in [0.2, 0.25) is 5.91 Å². The molecule has 28 heavy (non-hydrogen) atoms. The minimum Gasteiger partial charge on any atom is -0.453 e. The number of hydrazine groups is 1. The first kappa shape index (κ1) is 19.4. The number of nitrogens with zero attached hydrogens (tertiary/aromatic N) is 1. The van der Waals surface area contributed by atoms with E-state index in [-0.39, 0.29) is 17.0 Å². The number of aliphatic hydroxyl groups is 1. The van der Waals surface area contributed by atoms with Gasteiger partial charge in [0.05, 0.1) is 23.2 Å². The van der Waals surface area contributed by atoms with Crippen molar-refractivity contribution in [1.29, 1.82) is 0 Å². The molecule has 2 aromatic carbocycles. The summed E-state index contributed by atoms with van der Waals surface area (Å²) in [5.74, 6) is 0.944. The van der Waals surface area contributed by atoms with E-state index in [4.69, 9.17) is 16.0 Å². The van der Waals surface area contributed by atoms with E-state index in [1.807, 2.05) is 0 Å². The van der Waals surface area contributed by atoms with Crippen LogP contribution in [0.1, 0.15) is 12.5 Å². The monoisotopic (exact) mass is 393 g/mol. The molecule has 0 unspecified atom stereocenters. The lowest BCUT2D eigenvalue weighted by Crippen LogP contribution is -2.37. The molecule has 3 rings (SSSR count). The number of rotatable bonds is 3. The van der Waals surface area contributed by atoms with Gasteiger partial charge in [-0.25, -0.2) is 24.0 Å². The number of carbonyl (C=O) groups is 1. The maximum absolute atomic E-state index is 14.7. The molecule has 0 atom stereocenters. The second kappa shape index (κ2) is 6.98. The van der Waals surface area contributed by atoms with Crippen LogP contribution in [0.15, 0.2) is 33.5 Å². The van der Waals surface area contributed by atoms with E-state index in [0.29, 0.717) is 5.01 Å². The van der Waals surface area contributed by atoms with Gasteiger partial charge in [-0.3, -0.25) is 9.59 Å². The van der Waals surface area contributed by atoms with Crippen LogP contribution in [0.4, 0.5) is 24.5 Å². The average Bonchev–Trinajstić information content (AvgIpc) is 2.64. The van der Waals surface area contributed by atoms with Gasteiger partial charge in [-0.15, -0.1) is 0 Å². The number of halogens is 3. The van der Waals surface area contributed by atoms with Crippen LogP contribution in [0.3, 0.4) is 0 Å². The van der Waals surface area contributed by atoms with Crippen LogP contribution in [-0.2, 0) is 11.4 Å². The van der Waals surface area contributed by atoms with Crippen LogP contribution in [0, 0.1) is 17.5 Å². The number of nitrogen functional groups attached to an aromatic ring is 1. The highest BCUT2D eigenvalue weighted by atomic mass is 19.1. The molecule has 3 aromatic rings. The molecule has 10 heteroatoms. The van der Waals surface area contributed by atoms with Gasteiger partial charge in [-0.05, 0) is 18.2 Å². The molecule has 0 aliphatic heterocycles. The zero-order valence-corrected chi connectivity index (χ0v) is 14.4. The van der Waals surface area contributed by atoms with Crippen molar-refractivity contribution < 1.29 is 27.5 Å². The molecule has 5 N–H and O–H groups in total. The number of aliphatic hydroxyl groups excluding tert-OH is 1. The molecule has 0 saturated heterocycles. The molecule has 0 bridgehead atoms. The predicted molar refractivity (Wildman–Crippen MR) is 95.5 cm³/mol. The van der Waals surface area contributed by atoms with Gasteiger partial charge in [0.1, 0.15) is 17.3 Å².